The molecular formula is C23H23N3O3. The topological polar surface area (TPSA) is 72.4 Å². The van der Waals surface area contributed by atoms with E-state index in [0.29, 0.717) is 16.6 Å². The maximum atomic E-state index is 13.0. The van der Waals surface area contributed by atoms with Gasteiger partial charge in [-0.2, -0.15) is 0 Å². The Kier molecular flexibility index (Phi) is 5.79. The second kappa shape index (κ2) is 8.82. The van der Waals surface area contributed by atoms with Crippen molar-refractivity contribution in [3.63, 3.8) is 0 Å². The van der Waals surface area contributed by atoms with Crippen LogP contribution in [0.3, 0.4) is 0 Å². The highest BCUT2D eigenvalue weighted by Crippen LogP contribution is 2.27. The number of ether oxygens (including phenoxy) is 1. The number of para-hydroxylation sites is 1. The minimum absolute atomic E-state index is 0.147. The molecule has 0 spiro atoms. The number of anilines is 1. The maximum Gasteiger partial charge on any atom is 0.338 e. The molecule has 0 unspecified atom stereocenters. The highest BCUT2D eigenvalue weighted by Gasteiger charge is 2.27. The Hall–Kier alpha value is -3.28. The van der Waals surface area contributed by atoms with Crippen molar-refractivity contribution in [2.45, 2.75) is 38.1 Å². The summed E-state index contributed by atoms with van der Waals surface area (Å²) in [5.41, 5.74) is 2.52. The van der Waals surface area contributed by atoms with E-state index in [2.05, 4.69) is 9.97 Å². The molecule has 0 N–H and O–H groups in total. The number of esters is 1. The Morgan fingerprint density at radius 1 is 0.931 bits per heavy atom. The Balaban J connectivity index is 1.47. The summed E-state index contributed by atoms with van der Waals surface area (Å²) in [7, 11) is 0. The molecule has 1 heterocycles. The van der Waals surface area contributed by atoms with Gasteiger partial charge in [-0.05, 0) is 43.2 Å². The van der Waals surface area contributed by atoms with Gasteiger partial charge in [0.05, 0.1) is 16.6 Å². The van der Waals surface area contributed by atoms with Crippen molar-refractivity contribution >= 4 is 28.6 Å². The largest absolute Gasteiger partial charge is 0.452 e. The number of hydrogen-bond donors (Lipinski definition) is 0. The lowest BCUT2D eigenvalue weighted by molar-refractivity contribution is -0.122. The van der Waals surface area contributed by atoms with E-state index in [1.54, 1.807) is 35.5 Å². The number of aromatic nitrogens is 2. The molecule has 6 nitrogen and oxygen atoms in total. The van der Waals surface area contributed by atoms with E-state index in [4.69, 9.17) is 4.74 Å². The number of carbonyl (C=O) groups excluding carboxylic acids is 2. The van der Waals surface area contributed by atoms with Gasteiger partial charge < -0.3 is 9.64 Å². The van der Waals surface area contributed by atoms with Crippen LogP contribution in [0.15, 0.2) is 60.9 Å². The van der Waals surface area contributed by atoms with Crippen LogP contribution in [0.1, 0.15) is 42.5 Å². The molecular weight excluding hydrogens is 366 g/mol. The minimum Gasteiger partial charge on any atom is -0.452 e. The second-order valence-electron chi connectivity index (χ2n) is 7.23. The molecule has 0 radical (unpaired) electrons. The number of nitrogens with zero attached hydrogens (tertiary/aromatic N) is 3. The summed E-state index contributed by atoms with van der Waals surface area (Å²) >= 11 is 0. The molecule has 3 aromatic rings. The van der Waals surface area contributed by atoms with Gasteiger partial charge in [0.15, 0.2) is 6.61 Å². The fourth-order valence-electron chi connectivity index (χ4n) is 3.86. The zero-order chi connectivity index (χ0) is 20.1. The van der Waals surface area contributed by atoms with Crippen LogP contribution in [0.5, 0.6) is 0 Å². The summed E-state index contributed by atoms with van der Waals surface area (Å²) in [4.78, 5) is 35.7. The molecule has 2 aromatic carbocycles. The molecule has 0 aliphatic heterocycles. The quantitative estimate of drug-likeness (QED) is 0.613. The molecule has 1 fully saturated rings. The van der Waals surface area contributed by atoms with E-state index in [1.807, 2.05) is 30.3 Å². The van der Waals surface area contributed by atoms with Crippen LogP contribution in [0, 0.1) is 0 Å². The average molecular weight is 389 g/mol. The van der Waals surface area contributed by atoms with Gasteiger partial charge in [0.25, 0.3) is 5.91 Å². The first-order valence-electron chi connectivity index (χ1n) is 9.97. The van der Waals surface area contributed by atoms with E-state index in [-0.39, 0.29) is 18.6 Å². The second-order valence-corrected chi connectivity index (χ2v) is 7.23. The number of hydrogen-bond acceptors (Lipinski definition) is 5. The Labute approximate surface area is 169 Å². The predicted octanol–water partition coefficient (Wildman–Crippen LogP) is 4.15. The third-order valence-electron chi connectivity index (χ3n) is 5.27. The van der Waals surface area contributed by atoms with Gasteiger partial charge in [-0.1, -0.05) is 37.5 Å². The zero-order valence-corrected chi connectivity index (χ0v) is 16.2. The molecule has 1 saturated carbocycles. The SMILES string of the molecule is O=C(OCC(=O)N(c1ccccc1)C1CCCCC1)c1ccc2nccnc2c1. The van der Waals surface area contributed by atoms with Gasteiger partial charge in [-0.25, -0.2) is 4.79 Å². The Morgan fingerprint density at radius 2 is 1.66 bits per heavy atom. The molecule has 0 atom stereocenters. The summed E-state index contributed by atoms with van der Waals surface area (Å²) in [6, 6.07) is 14.8. The van der Waals surface area contributed by atoms with Crippen molar-refractivity contribution in [3.8, 4) is 0 Å². The lowest BCUT2D eigenvalue weighted by Crippen LogP contribution is -2.43. The molecule has 1 amide bonds. The summed E-state index contributed by atoms with van der Waals surface area (Å²) in [6.45, 7) is -0.289. The van der Waals surface area contributed by atoms with Crippen LogP contribution in [-0.4, -0.2) is 34.5 Å². The van der Waals surface area contributed by atoms with Gasteiger partial charge in [0.1, 0.15) is 0 Å². The van der Waals surface area contributed by atoms with Crippen molar-refractivity contribution in [1.82, 2.24) is 9.97 Å². The van der Waals surface area contributed by atoms with E-state index in [0.717, 1.165) is 31.4 Å². The molecule has 1 aromatic heterocycles. The van der Waals surface area contributed by atoms with Gasteiger partial charge in [-0.3, -0.25) is 14.8 Å². The summed E-state index contributed by atoms with van der Waals surface area (Å²) in [5, 5.41) is 0. The smallest absolute Gasteiger partial charge is 0.338 e. The molecule has 1 aliphatic rings. The van der Waals surface area contributed by atoms with Crippen molar-refractivity contribution in [3.05, 3.63) is 66.5 Å². The summed E-state index contributed by atoms with van der Waals surface area (Å²) in [5.74, 6) is -0.736. The van der Waals surface area contributed by atoms with Gasteiger partial charge in [0.2, 0.25) is 0 Å². The monoisotopic (exact) mass is 389 g/mol. The van der Waals surface area contributed by atoms with Crippen molar-refractivity contribution in [1.29, 1.82) is 0 Å². The van der Waals surface area contributed by atoms with Gasteiger partial charge in [-0.15, -0.1) is 0 Å². The highest BCUT2D eigenvalue weighted by molar-refractivity contribution is 5.98. The average Bonchev–Trinajstić information content (AvgIpc) is 2.79. The first-order valence-corrected chi connectivity index (χ1v) is 9.97. The third kappa shape index (κ3) is 4.42. The summed E-state index contributed by atoms with van der Waals surface area (Å²) in [6.07, 6.45) is 8.53. The lowest BCUT2D eigenvalue weighted by Gasteiger charge is -2.34. The van der Waals surface area contributed by atoms with Gasteiger partial charge in [0, 0.05) is 24.1 Å². The van der Waals surface area contributed by atoms with Crippen molar-refractivity contribution in [2.75, 3.05) is 11.5 Å². The van der Waals surface area contributed by atoms with E-state index >= 15 is 0 Å². The lowest BCUT2D eigenvalue weighted by atomic mass is 9.93. The van der Waals surface area contributed by atoms with Crippen molar-refractivity contribution in [2.24, 2.45) is 0 Å². The predicted molar refractivity (Wildman–Crippen MR) is 111 cm³/mol. The molecule has 0 saturated heterocycles. The molecule has 0 bridgehead atoms. The Morgan fingerprint density at radius 3 is 2.41 bits per heavy atom. The van der Waals surface area contributed by atoms with Crippen LogP contribution in [0.2, 0.25) is 0 Å². The molecule has 148 valence electrons. The third-order valence-corrected chi connectivity index (χ3v) is 5.27. The normalized spacial score (nSPS) is 14.5. The van der Waals surface area contributed by atoms with Crippen LogP contribution in [-0.2, 0) is 9.53 Å². The number of amides is 1. The molecule has 29 heavy (non-hydrogen) atoms. The first-order chi connectivity index (χ1) is 14.2. The van der Waals surface area contributed by atoms with Crippen LogP contribution >= 0.6 is 0 Å². The maximum absolute atomic E-state index is 13.0. The highest BCUT2D eigenvalue weighted by atomic mass is 16.5. The minimum atomic E-state index is -0.539. The standard InChI is InChI=1S/C23H23N3O3/c27-22(26(18-7-3-1-4-8-18)19-9-5-2-6-10-19)16-29-23(28)17-11-12-20-21(15-17)25-14-13-24-20/h1,3-4,7-8,11-15,19H,2,5-6,9-10,16H2. The molecule has 4 rings (SSSR count). The number of rotatable bonds is 5. The summed E-state index contributed by atoms with van der Waals surface area (Å²) < 4.78 is 5.35. The van der Waals surface area contributed by atoms with Crippen LogP contribution < -0.4 is 4.90 Å². The first kappa shape index (κ1) is 19.1. The fraction of sp³-hybridized carbons (Fsp3) is 0.304. The number of carbonyl (C=O) groups is 2. The number of benzene rings is 2. The Bertz CT molecular complexity index is 1000. The fourth-order valence-corrected chi connectivity index (χ4v) is 3.86. The molecule has 6 heteroatoms. The van der Waals surface area contributed by atoms with Gasteiger partial charge >= 0.3 is 5.97 Å². The van der Waals surface area contributed by atoms with E-state index < -0.39 is 5.97 Å². The molecule has 1 aliphatic carbocycles. The zero-order valence-electron chi connectivity index (χ0n) is 16.2. The van der Waals surface area contributed by atoms with Crippen molar-refractivity contribution < 1.29 is 14.3 Å². The van der Waals surface area contributed by atoms with E-state index in [9.17, 15) is 9.59 Å². The van der Waals surface area contributed by atoms with E-state index in [1.165, 1.54) is 6.42 Å². The number of fused-ring (bicyclic) bond motifs is 1. The van der Waals surface area contributed by atoms with Crippen LogP contribution in [0.25, 0.3) is 11.0 Å². The van der Waals surface area contributed by atoms with Crippen LogP contribution in [0.4, 0.5) is 5.69 Å².